The number of benzene rings is 1. The fourth-order valence-corrected chi connectivity index (χ4v) is 3.91. The normalized spacial score (nSPS) is 14.2. The van der Waals surface area contributed by atoms with Crippen LogP contribution in [0.1, 0.15) is 0 Å². The summed E-state index contributed by atoms with van der Waals surface area (Å²) in [5, 5.41) is -2.35. The first-order valence-electron chi connectivity index (χ1n) is 4.65. The van der Waals surface area contributed by atoms with Crippen LogP contribution >= 0.6 is 23.2 Å². The molecule has 0 radical (unpaired) electrons. The van der Waals surface area contributed by atoms with Gasteiger partial charge >= 0.3 is 11.0 Å². The zero-order chi connectivity index (χ0) is 17.7. The fraction of sp³-hybridized carbons (Fsp3) is 0.250. The van der Waals surface area contributed by atoms with Crippen LogP contribution in [0.3, 0.4) is 0 Å². The highest BCUT2D eigenvalue weighted by molar-refractivity contribution is 7.93. The SMILES string of the molecule is O=S(=O)(c1cc(S(=O)(=O)C(F)(F)F)c(Cl)cc1Cl)C(F)(F)F. The minimum Gasteiger partial charge on any atom is -0.214 e. The fourth-order valence-electron chi connectivity index (χ4n) is 1.17. The zero-order valence-electron chi connectivity index (χ0n) is 9.63. The van der Waals surface area contributed by atoms with E-state index in [9.17, 15) is 43.2 Å². The first kappa shape index (κ1) is 19.3. The number of hydrogen-bond donors (Lipinski definition) is 0. The van der Waals surface area contributed by atoms with Gasteiger partial charge in [-0.15, -0.1) is 0 Å². The second-order valence-electron chi connectivity index (χ2n) is 3.61. The van der Waals surface area contributed by atoms with Crippen molar-refractivity contribution in [2.24, 2.45) is 0 Å². The van der Waals surface area contributed by atoms with E-state index < -0.39 is 50.5 Å². The van der Waals surface area contributed by atoms with Gasteiger partial charge in [-0.3, -0.25) is 0 Å². The summed E-state index contributed by atoms with van der Waals surface area (Å²) in [4.78, 5) is -3.71. The van der Waals surface area contributed by atoms with Crippen molar-refractivity contribution in [3.8, 4) is 0 Å². The first-order chi connectivity index (χ1) is 9.53. The van der Waals surface area contributed by atoms with Crippen LogP contribution in [0.4, 0.5) is 26.3 Å². The van der Waals surface area contributed by atoms with Gasteiger partial charge in [-0.05, 0) is 12.1 Å². The van der Waals surface area contributed by atoms with Gasteiger partial charge in [-0.2, -0.15) is 26.3 Å². The molecule has 0 bridgehead atoms. The van der Waals surface area contributed by atoms with Gasteiger partial charge in [0.1, 0.15) is 0 Å². The molecule has 22 heavy (non-hydrogen) atoms. The summed E-state index contributed by atoms with van der Waals surface area (Å²) in [5.41, 5.74) is -11.8. The van der Waals surface area contributed by atoms with Crippen LogP contribution in [0, 0.1) is 0 Å². The molecule has 0 aliphatic carbocycles. The standard InChI is InChI=1S/C8H2Cl2F6O4S2/c9-3-1-4(10)6(22(19,20)8(14,15)16)2-5(3)21(17,18)7(11,12)13/h1-2H. The molecule has 1 aromatic carbocycles. The van der Waals surface area contributed by atoms with Gasteiger partial charge in [0.05, 0.1) is 19.8 Å². The largest absolute Gasteiger partial charge is 0.501 e. The van der Waals surface area contributed by atoms with Crippen LogP contribution in [0.25, 0.3) is 0 Å². The summed E-state index contributed by atoms with van der Waals surface area (Å²) < 4.78 is 119. The van der Waals surface area contributed by atoms with E-state index in [1.165, 1.54) is 0 Å². The molecule has 0 saturated carbocycles. The van der Waals surface area contributed by atoms with E-state index in [0.717, 1.165) is 0 Å². The summed E-state index contributed by atoms with van der Waals surface area (Å²) in [6, 6.07) is -0.212. The molecule has 0 fully saturated rings. The lowest BCUT2D eigenvalue weighted by molar-refractivity contribution is -0.0438. The Morgan fingerprint density at radius 1 is 0.682 bits per heavy atom. The van der Waals surface area contributed by atoms with Crippen LogP contribution in [0.15, 0.2) is 21.9 Å². The Balaban J connectivity index is 3.82. The lowest BCUT2D eigenvalue weighted by Crippen LogP contribution is -2.26. The molecular formula is C8H2Cl2F6O4S2. The Morgan fingerprint density at radius 2 is 0.955 bits per heavy atom. The van der Waals surface area contributed by atoms with E-state index in [4.69, 9.17) is 23.2 Å². The van der Waals surface area contributed by atoms with Crippen LogP contribution in [-0.4, -0.2) is 27.9 Å². The summed E-state index contributed by atoms with van der Waals surface area (Å²) in [5.74, 6) is 0. The Morgan fingerprint density at radius 3 is 1.18 bits per heavy atom. The van der Waals surface area contributed by atoms with Gasteiger partial charge in [-0.1, -0.05) is 23.2 Å². The minimum atomic E-state index is -6.17. The molecular weight excluding hydrogens is 409 g/mol. The average molecular weight is 411 g/mol. The second kappa shape index (κ2) is 5.42. The Bertz CT molecular complexity index is 745. The molecule has 0 spiro atoms. The van der Waals surface area contributed by atoms with Gasteiger partial charge < -0.3 is 0 Å². The van der Waals surface area contributed by atoms with Gasteiger partial charge in [0.15, 0.2) is 0 Å². The van der Waals surface area contributed by atoms with Crippen molar-refractivity contribution >= 4 is 42.9 Å². The molecule has 1 aromatic rings. The number of alkyl halides is 6. The molecule has 1 rings (SSSR count). The van der Waals surface area contributed by atoms with Crippen molar-refractivity contribution in [1.82, 2.24) is 0 Å². The van der Waals surface area contributed by atoms with E-state index in [0.29, 0.717) is 0 Å². The molecule has 0 heterocycles. The van der Waals surface area contributed by atoms with Crippen LogP contribution in [0.5, 0.6) is 0 Å². The average Bonchev–Trinajstić information content (AvgIpc) is 2.24. The molecule has 0 aliphatic heterocycles. The van der Waals surface area contributed by atoms with Crippen molar-refractivity contribution in [2.75, 3.05) is 0 Å². The van der Waals surface area contributed by atoms with Crippen molar-refractivity contribution in [3.63, 3.8) is 0 Å². The van der Waals surface area contributed by atoms with Gasteiger partial charge in [0.25, 0.3) is 19.7 Å². The first-order valence-corrected chi connectivity index (χ1v) is 8.37. The smallest absolute Gasteiger partial charge is 0.214 e. The van der Waals surface area contributed by atoms with E-state index in [1.807, 2.05) is 0 Å². The molecule has 0 saturated heterocycles. The Hall–Kier alpha value is -0.720. The van der Waals surface area contributed by atoms with Gasteiger partial charge in [0.2, 0.25) is 0 Å². The summed E-state index contributed by atoms with van der Waals surface area (Å²) in [7, 11) is -12.3. The monoisotopic (exact) mass is 410 g/mol. The summed E-state index contributed by atoms with van der Waals surface area (Å²) in [6.07, 6.45) is 0. The maximum atomic E-state index is 12.4. The highest BCUT2D eigenvalue weighted by Gasteiger charge is 2.51. The molecule has 0 unspecified atom stereocenters. The topological polar surface area (TPSA) is 68.3 Å². The third-order valence-electron chi connectivity index (χ3n) is 2.17. The Kier molecular flexibility index (Phi) is 4.77. The molecule has 0 aromatic heterocycles. The number of hydrogen-bond acceptors (Lipinski definition) is 4. The predicted molar refractivity (Wildman–Crippen MR) is 62.9 cm³/mol. The van der Waals surface area contributed by atoms with Crippen LogP contribution in [-0.2, 0) is 19.7 Å². The molecule has 4 nitrogen and oxygen atoms in total. The van der Waals surface area contributed by atoms with Crippen molar-refractivity contribution in [3.05, 3.63) is 22.2 Å². The third-order valence-corrected chi connectivity index (χ3v) is 6.08. The summed E-state index contributed by atoms with van der Waals surface area (Å²) >= 11 is 10.4. The minimum absolute atomic E-state index is 0.167. The van der Waals surface area contributed by atoms with Crippen LogP contribution in [0.2, 0.25) is 10.0 Å². The van der Waals surface area contributed by atoms with Gasteiger partial charge in [0, 0.05) is 0 Å². The maximum absolute atomic E-state index is 12.4. The van der Waals surface area contributed by atoms with E-state index >= 15 is 0 Å². The highest BCUT2D eigenvalue weighted by Crippen LogP contribution is 2.41. The van der Waals surface area contributed by atoms with Crippen LogP contribution < -0.4 is 0 Å². The number of rotatable bonds is 2. The molecule has 0 amide bonds. The molecule has 0 aliphatic rings. The lowest BCUT2D eigenvalue weighted by atomic mass is 10.3. The molecule has 0 N–H and O–H groups in total. The van der Waals surface area contributed by atoms with E-state index in [-0.39, 0.29) is 12.1 Å². The second-order valence-corrected chi connectivity index (χ2v) is 8.25. The molecule has 126 valence electrons. The van der Waals surface area contributed by atoms with E-state index in [2.05, 4.69) is 0 Å². The molecule has 14 heteroatoms. The van der Waals surface area contributed by atoms with Crippen molar-refractivity contribution in [2.45, 2.75) is 20.8 Å². The third kappa shape index (κ3) is 3.14. The van der Waals surface area contributed by atoms with Gasteiger partial charge in [-0.25, -0.2) is 16.8 Å². The number of halogens is 8. The van der Waals surface area contributed by atoms with Crippen molar-refractivity contribution < 1.29 is 43.2 Å². The van der Waals surface area contributed by atoms with E-state index in [1.54, 1.807) is 0 Å². The van der Waals surface area contributed by atoms with Crippen molar-refractivity contribution in [1.29, 1.82) is 0 Å². The lowest BCUT2D eigenvalue weighted by Gasteiger charge is -2.14. The quantitative estimate of drug-likeness (QED) is 0.698. The zero-order valence-corrected chi connectivity index (χ0v) is 12.8. The Labute approximate surface area is 129 Å². The summed E-state index contributed by atoms with van der Waals surface area (Å²) in [6.45, 7) is 0. The number of sulfone groups is 2. The maximum Gasteiger partial charge on any atom is 0.501 e. The highest BCUT2D eigenvalue weighted by atomic mass is 35.5. The predicted octanol–water partition coefficient (Wildman–Crippen LogP) is 3.58. The molecule has 0 atom stereocenters.